The Kier molecular flexibility index (Phi) is 7.66. The third kappa shape index (κ3) is 5.37. The van der Waals surface area contributed by atoms with Gasteiger partial charge in [-0.25, -0.2) is 0 Å². The predicted octanol–water partition coefficient (Wildman–Crippen LogP) is 7.81. The zero-order valence-electron chi connectivity index (χ0n) is 19.5. The van der Waals surface area contributed by atoms with Gasteiger partial charge in [-0.05, 0) is 16.7 Å². The van der Waals surface area contributed by atoms with Crippen molar-refractivity contribution in [3.05, 3.63) is 141 Å². The number of hydrogen-bond donors (Lipinski definition) is 0. The molecule has 0 fully saturated rings. The summed E-state index contributed by atoms with van der Waals surface area (Å²) in [4.78, 5) is 0. The molecule has 0 amide bonds. The van der Waals surface area contributed by atoms with Crippen LogP contribution in [-0.4, -0.2) is 0 Å². The molecule has 0 unspecified atom stereocenters. The molecule has 0 radical (unpaired) electrons. The van der Waals surface area contributed by atoms with E-state index in [1.807, 2.05) is 109 Å². The zero-order chi connectivity index (χ0) is 25.2. The van der Waals surface area contributed by atoms with Crippen LogP contribution in [-0.2, 0) is 0 Å². The largest absolute Gasteiger partial charge is 0.192 e. The SMILES string of the molecule is N#Cc1c(/C=C/c2ccccc2)c(C#N)c(/C=C/c2ccccc2)c(C#N)c1/C=C/c1ccccc1. The van der Waals surface area contributed by atoms with Crippen molar-refractivity contribution < 1.29 is 0 Å². The standard InChI is InChI=1S/C33H21N3/c34-22-31-28(19-16-25-10-4-1-5-11-25)32(23-35)30(21-18-27-14-8-3-9-15-27)33(24-36)29(31)20-17-26-12-6-2-7-13-26/h1-21H/b19-16+,20-17+,21-18+. The van der Waals surface area contributed by atoms with E-state index in [2.05, 4.69) is 18.2 Å². The predicted molar refractivity (Wildman–Crippen MR) is 147 cm³/mol. The first-order valence-corrected chi connectivity index (χ1v) is 11.4. The zero-order valence-corrected chi connectivity index (χ0v) is 19.5. The number of hydrogen-bond acceptors (Lipinski definition) is 3. The van der Waals surface area contributed by atoms with Gasteiger partial charge in [-0.1, -0.05) is 127 Å². The highest BCUT2D eigenvalue weighted by Gasteiger charge is 2.20. The molecule has 4 aromatic carbocycles. The van der Waals surface area contributed by atoms with Crippen LogP contribution < -0.4 is 0 Å². The molecule has 4 rings (SSSR count). The quantitative estimate of drug-likeness (QED) is 0.276. The Morgan fingerprint density at radius 1 is 0.361 bits per heavy atom. The minimum Gasteiger partial charge on any atom is -0.192 e. The first kappa shape index (κ1) is 23.7. The lowest BCUT2D eigenvalue weighted by molar-refractivity contribution is 1.37. The maximum Gasteiger partial charge on any atom is 0.100 e. The van der Waals surface area contributed by atoms with E-state index in [1.54, 1.807) is 18.2 Å². The average molecular weight is 460 g/mol. The van der Waals surface area contributed by atoms with Crippen molar-refractivity contribution in [2.24, 2.45) is 0 Å². The summed E-state index contributed by atoms with van der Waals surface area (Å²) >= 11 is 0. The normalized spacial score (nSPS) is 10.9. The molecule has 0 bridgehead atoms. The number of benzene rings is 4. The highest BCUT2D eigenvalue weighted by atomic mass is 14.3. The van der Waals surface area contributed by atoms with Crippen molar-refractivity contribution >= 4 is 36.5 Å². The van der Waals surface area contributed by atoms with Crippen LogP contribution in [0.1, 0.15) is 50.1 Å². The smallest absolute Gasteiger partial charge is 0.100 e. The molecule has 0 aliphatic rings. The molecule has 0 aliphatic carbocycles. The lowest BCUT2D eigenvalue weighted by Gasteiger charge is -2.13. The summed E-state index contributed by atoms with van der Waals surface area (Å²) in [6.45, 7) is 0. The van der Waals surface area contributed by atoms with Gasteiger partial charge in [0.25, 0.3) is 0 Å². The number of nitrogens with zero attached hydrogens (tertiary/aromatic N) is 3. The third-order valence-corrected chi connectivity index (χ3v) is 5.68. The van der Waals surface area contributed by atoms with Gasteiger partial charge in [0.05, 0.1) is 16.7 Å². The fourth-order valence-corrected chi connectivity index (χ4v) is 3.90. The summed E-state index contributed by atoms with van der Waals surface area (Å²) in [5, 5.41) is 30.5. The van der Waals surface area contributed by atoms with Crippen LogP contribution in [0.2, 0.25) is 0 Å². The monoisotopic (exact) mass is 459 g/mol. The molecule has 0 heterocycles. The third-order valence-electron chi connectivity index (χ3n) is 5.68. The summed E-state index contributed by atoms with van der Waals surface area (Å²) in [7, 11) is 0. The molecule has 0 saturated heterocycles. The van der Waals surface area contributed by atoms with Crippen LogP contribution in [0.4, 0.5) is 0 Å². The van der Waals surface area contributed by atoms with Gasteiger partial charge in [-0.3, -0.25) is 0 Å². The summed E-state index contributed by atoms with van der Waals surface area (Å²) in [5.74, 6) is 0. The molecule has 3 heteroatoms. The molecular formula is C33H21N3. The van der Waals surface area contributed by atoms with E-state index in [9.17, 15) is 15.8 Å². The average Bonchev–Trinajstić information content (AvgIpc) is 2.94. The van der Waals surface area contributed by atoms with Crippen LogP contribution in [0.15, 0.2) is 91.0 Å². The lowest BCUT2D eigenvalue weighted by atomic mass is 9.86. The fraction of sp³-hybridized carbons (Fsp3) is 0. The van der Waals surface area contributed by atoms with Crippen LogP contribution in [0.3, 0.4) is 0 Å². The summed E-state index contributed by atoms with van der Waals surface area (Å²) in [5.41, 5.74) is 5.17. The maximum atomic E-state index is 10.2. The lowest BCUT2D eigenvalue weighted by Crippen LogP contribution is -2.02. The van der Waals surface area contributed by atoms with Crippen molar-refractivity contribution in [3.63, 3.8) is 0 Å². The van der Waals surface area contributed by atoms with Gasteiger partial charge in [0.15, 0.2) is 0 Å². The summed E-state index contributed by atoms with van der Waals surface area (Å²) in [6, 6.07) is 35.8. The second-order valence-electron chi connectivity index (χ2n) is 7.93. The van der Waals surface area contributed by atoms with Gasteiger partial charge >= 0.3 is 0 Å². The van der Waals surface area contributed by atoms with Crippen LogP contribution in [0, 0.1) is 34.0 Å². The van der Waals surface area contributed by atoms with Crippen LogP contribution in [0.25, 0.3) is 36.5 Å². The van der Waals surface area contributed by atoms with Crippen molar-refractivity contribution in [1.29, 1.82) is 15.8 Å². The second-order valence-corrected chi connectivity index (χ2v) is 7.93. The first-order chi connectivity index (χ1) is 17.7. The van der Waals surface area contributed by atoms with E-state index in [4.69, 9.17) is 0 Å². The Morgan fingerprint density at radius 2 is 0.611 bits per heavy atom. The van der Waals surface area contributed by atoms with Crippen molar-refractivity contribution in [2.45, 2.75) is 0 Å². The van der Waals surface area contributed by atoms with Crippen LogP contribution in [0.5, 0.6) is 0 Å². The molecular weight excluding hydrogens is 438 g/mol. The molecule has 0 aromatic heterocycles. The minimum absolute atomic E-state index is 0.291. The Labute approximate surface area is 211 Å². The van der Waals surface area contributed by atoms with Gasteiger partial charge in [0.2, 0.25) is 0 Å². The summed E-state index contributed by atoms with van der Waals surface area (Å²) in [6.07, 6.45) is 11.0. The molecule has 0 atom stereocenters. The second kappa shape index (κ2) is 11.6. The maximum absolute atomic E-state index is 10.2. The Bertz CT molecular complexity index is 1360. The molecule has 168 valence electrons. The fourth-order valence-electron chi connectivity index (χ4n) is 3.90. The Balaban J connectivity index is 1.98. The molecule has 36 heavy (non-hydrogen) atoms. The van der Waals surface area contributed by atoms with E-state index in [0.29, 0.717) is 33.4 Å². The number of rotatable bonds is 6. The molecule has 0 aliphatic heterocycles. The van der Waals surface area contributed by atoms with Gasteiger partial charge in [-0.2, -0.15) is 15.8 Å². The number of nitriles is 3. The van der Waals surface area contributed by atoms with Crippen molar-refractivity contribution in [2.75, 3.05) is 0 Å². The molecule has 0 spiro atoms. The van der Waals surface area contributed by atoms with Gasteiger partial charge in [0.1, 0.15) is 18.2 Å². The van der Waals surface area contributed by atoms with E-state index < -0.39 is 0 Å². The highest BCUT2D eigenvalue weighted by Crippen LogP contribution is 2.32. The molecule has 0 saturated carbocycles. The summed E-state index contributed by atoms with van der Waals surface area (Å²) < 4.78 is 0. The van der Waals surface area contributed by atoms with Crippen LogP contribution >= 0.6 is 0 Å². The Hall–Kier alpha value is -5.43. The van der Waals surface area contributed by atoms with E-state index >= 15 is 0 Å². The van der Waals surface area contributed by atoms with Gasteiger partial charge in [-0.15, -0.1) is 0 Å². The van der Waals surface area contributed by atoms with E-state index in [1.165, 1.54) is 0 Å². The highest BCUT2D eigenvalue weighted by molar-refractivity contribution is 5.90. The van der Waals surface area contributed by atoms with E-state index in [0.717, 1.165) is 16.7 Å². The topological polar surface area (TPSA) is 71.4 Å². The van der Waals surface area contributed by atoms with Gasteiger partial charge < -0.3 is 0 Å². The minimum atomic E-state index is 0.291. The van der Waals surface area contributed by atoms with Crippen molar-refractivity contribution in [1.82, 2.24) is 0 Å². The van der Waals surface area contributed by atoms with Gasteiger partial charge in [0, 0.05) is 16.7 Å². The first-order valence-electron chi connectivity index (χ1n) is 11.4. The van der Waals surface area contributed by atoms with E-state index in [-0.39, 0.29) is 0 Å². The molecule has 3 nitrogen and oxygen atoms in total. The van der Waals surface area contributed by atoms with Crippen molar-refractivity contribution in [3.8, 4) is 18.2 Å². The molecule has 0 N–H and O–H groups in total. The molecule has 4 aromatic rings. The Morgan fingerprint density at radius 3 is 0.833 bits per heavy atom.